The van der Waals surface area contributed by atoms with Crippen LogP contribution in [0, 0.1) is 11.6 Å². The molecule has 0 fully saturated rings. The molecule has 150 valence electrons. The van der Waals surface area contributed by atoms with Gasteiger partial charge in [0.05, 0.1) is 30.0 Å². The van der Waals surface area contributed by atoms with Gasteiger partial charge in [0.1, 0.15) is 16.5 Å². The number of benzene rings is 2. The summed E-state index contributed by atoms with van der Waals surface area (Å²) in [6.07, 6.45) is 0. The van der Waals surface area contributed by atoms with Crippen molar-refractivity contribution in [3.05, 3.63) is 59.2 Å². The Balaban J connectivity index is 2.49. The Hall–Kier alpha value is -3.01. The Bertz CT molecular complexity index is 971. The first kappa shape index (κ1) is 21.3. The quantitative estimate of drug-likeness (QED) is 0.701. The molecule has 0 saturated heterocycles. The molecule has 0 saturated carbocycles. The maximum atomic E-state index is 13.8. The molecule has 0 atom stereocenters. The summed E-state index contributed by atoms with van der Waals surface area (Å²) >= 11 is 0. The summed E-state index contributed by atoms with van der Waals surface area (Å²) in [6.45, 7) is 3.25. The lowest BCUT2D eigenvalue weighted by Gasteiger charge is -2.12. The SMILES string of the molecule is CCOC(=O)c1cc(NS(=O)(=O)c2cc(F)ccc2F)cc(C(=O)OCC)c1. The number of halogens is 2. The van der Waals surface area contributed by atoms with Gasteiger partial charge in [0.15, 0.2) is 0 Å². The Morgan fingerprint density at radius 3 is 1.96 bits per heavy atom. The molecule has 0 bridgehead atoms. The van der Waals surface area contributed by atoms with E-state index in [0.29, 0.717) is 12.1 Å². The second-order valence-electron chi connectivity index (χ2n) is 5.42. The van der Waals surface area contributed by atoms with Crippen LogP contribution < -0.4 is 4.72 Å². The van der Waals surface area contributed by atoms with Crippen LogP contribution in [0.5, 0.6) is 0 Å². The number of carbonyl (C=O) groups excluding carboxylic acids is 2. The molecule has 0 unspecified atom stereocenters. The molecule has 0 amide bonds. The first-order valence-corrected chi connectivity index (χ1v) is 9.63. The Morgan fingerprint density at radius 1 is 0.929 bits per heavy atom. The van der Waals surface area contributed by atoms with Crippen LogP contribution in [0.15, 0.2) is 41.3 Å². The summed E-state index contributed by atoms with van der Waals surface area (Å²) in [7, 11) is -4.55. The minimum Gasteiger partial charge on any atom is -0.462 e. The monoisotopic (exact) mass is 413 g/mol. The van der Waals surface area contributed by atoms with Crippen molar-refractivity contribution in [1.82, 2.24) is 0 Å². The van der Waals surface area contributed by atoms with Crippen LogP contribution in [0.2, 0.25) is 0 Å². The van der Waals surface area contributed by atoms with Crippen LogP contribution in [0.25, 0.3) is 0 Å². The molecular weight excluding hydrogens is 396 g/mol. The lowest BCUT2D eigenvalue weighted by atomic mass is 10.1. The van der Waals surface area contributed by atoms with Crippen molar-refractivity contribution in [2.45, 2.75) is 18.7 Å². The van der Waals surface area contributed by atoms with Gasteiger partial charge in [-0.2, -0.15) is 0 Å². The van der Waals surface area contributed by atoms with Crippen molar-refractivity contribution in [1.29, 1.82) is 0 Å². The minimum absolute atomic E-state index is 0.0536. The summed E-state index contributed by atoms with van der Waals surface area (Å²) in [6, 6.07) is 5.35. The van der Waals surface area contributed by atoms with E-state index in [0.717, 1.165) is 18.2 Å². The molecule has 0 spiro atoms. The van der Waals surface area contributed by atoms with E-state index < -0.39 is 38.5 Å². The predicted octanol–water partition coefficient (Wildman–Crippen LogP) is 3.12. The van der Waals surface area contributed by atoms with Gasteiger partial charge in [-0.25, -0.2) is 26.8 Å². The number of ether oxygens (including phenoxy) is 2. The standard InChI is InChI=1S/C18H17F2NO6S/c1-3-26-17(22)11-7-12(18(23)27-4-2)9-14(8-11)21-28(24,25)16-10-13(19)5-6-15(16)20/h5-10,21H,3-4H2,1-2H3. The molecule has 0 aliphatic heterocycles. The van der Waals surface area contributed by atoms with Gasteiger partial charge in [0.25, 0.3) is 10.0 Å². The van der Waals surface area contributed by atoms with E-state index in [9.17, 15) is 26.8 Å². The fraction of sp³-hybridized carbons (Fsp3) is 0.222. The lowest BCUT2D eigenvalue weighted by molar-refractivity contribution is 0.0525. The number of nitrogens with one attached hydrogen (secondary N) is 1. The normalized spacial score (nSPS) is 11.0. The van der Waals surface area contributed by atoms with Gasteiger partial charge in [0, 0.05) is 0 Å². The first-order valence-electron chi connectivity index (χ1n) is 8.15. The maximum Gasteiger partial charge on any atom is 0.338 e. The molecule has 28 heavy (non-hydrogen) atoms. The van der Waals surface area contributed by atoms with Crippen molar-refractivity contribution in [3.63, 3.8) is 0 Å². The fourth-order valence-corrected chi connectivity index (χ4v) is 3.37. The third kappa shape index (κ3) is 5.03. The third-order valence-electron chi connectivity index (χ3n) is 3.39. The minimum atomic E-state index is -4.55. The van der Waals surface area contributed by atoms with Gasteiger partial charge < -0.3 is 9.47 Å². The molecular formula is C18H17F2NO6S. The molecule has 2 rings (SSSR count). The average molecular weight is 413 g/mol. The number of sulfonamides is 1. The van der Waals surface area contributed by atoms with E-state index in [2.05, 4.69) is 0 Å². The summed E-state index contributed by atoms with van der Waals surface area (Å²) in [5.74, 6) is -3.72. The highest BCUT2D eigenvalue weighted by atomic mass is 32.2. The van der Waals surface area contributed by atoms with Crippen molar-refractivity contribution in [2.75, 3.05) is 17.9 Å². The van der Waals surface area contributed by atoms with Gasteiger partial charge >= 0.3 is 11.9 Å². The molecule has 1 N–H and O–H groups in total. The maximum absolute atomic E-state index is 13.8. The zero-order valence-electron chi connectivity index (χ0n) is 15.0. The number of esters is 2. The molecule has 10 heteroatoms. The first-order chi connectivity index (χ1) is 13.2. The molecule has 2 aromatic rings. The zero-order chi connectivity index (χ0) is 20.9. The van der Waals surface area contributed by atoms with Crippen molar-refractivity contribution >= 4 is 27.6 Å². The van der Waals surface area contributed by atoms with Gasteiger partial charge in [-0.15, -0.1) is 0 Å². The molecule has 0 aromatic heterocycles. The molecule has 0 heterocycles. The van der Waals surface area contributed by atoms with Crippen LogP contribution in [0.4, 0.5) is 14.5 Å². The number of hydrogen-bond donors (Lipinski definition) is 1. The molecule has 2 aromatic carbocycles. The van der Waals surface area contributed by atoms with Crippen molar-refractivity contribution < 1.29 is 36.3 Å². The second-order valence-corrected chi connectivity index (χ2v) is 7.07. The predicted molar refractivity (Wildman–Crippen MR) is 95.5 cm³/mol. The Kier molecular flexibility index (Phi) is 6.68. The zero-order valence-corrected chi connectivity index (χ0v) is 15.8. The smallest absolute Gasteiger partial charge is 0.338 e. The number of hydrogen-bond acceptors (Lipinski definition) is 6. The highest BCUT2D eigenvalue weighted by Gasteiger charge is 2.22. The summed E-state index contributed by atoms with van der Waals surface area (Å²) in [5.41, 5.74) is -0.466. The van der Waals surface area contributed by atoms with Crippen LogP contribution in [0.3, 0.4) is 0 Å². The van der Waals surface area contributed by atoms with Crippen molar-refractivity contribution in [3.8, 4) is 0 Å². The van der Waals surface area contributed by atoms with Crippen LogP contribution in [-0.4, -0.2) is 33.6 Å². The van der Waals surface area contributed by atoms with Gasteiger partial charge in [-0.1, -0.05) is 0 Å². The third-order valence-corrected chi connectivity index (χ3v) is 4.79. The van der Waals surface area contributed by atoms with E-state index in [1.807, 2.05) is 4.72 Å². The average Bonchev–Trinajstić information content (AvgIpc) is 2.63. The lowest BCUT2D eigenvalue weighted by Crippen LogP contribution is -2.17. The molecule has 7 nitrogen and oxygen atoms in total. The van der Waals surface area contributed by atoms with E-state index in [-0.39, 0.29) is 30.0 Å². The Morgan fingerprint density at radius 2 is 1.46 bits per heavy atom. The highest BCUT2D eigenvalue weighted by molar-refractivity contribution is 7.92. The Labute approximate surface area is 160 Å². The molecule has 0 aliphatic carbocycles. The van der Waals surface area contributed by atoms with Gasteiger partial charge in [-0.05, 0) is 50.2 Å². The topological polar surface area (TPSA) is 98.8 Å². The van der Waals surface area contributed by atoms with E-state index in [1.165, 1.54) is 6.07 Å². The van der Waals surface area contributed by atoms with Crippen LogP contribution in [0.1, 0.15) is 34.6 Å². The number of rotatable bonds is 7. The van der Waals surface area contributed by atoms with Gasteiger partial charge in [0.2, 0.25) is 0 Å². The summed E-state index contributed by atoms with van der Waals surface area (Å²) in [5, 5.41) is 0. The van der Waals surface area contributed by atoms with Crippen molar-refractivity contribution in [2.24, 2.45) is 0 Å². The molecule has 0 aliphatic rings. The largest absolute Gasteiger partial charge is 0.462 e. The van der Waals surface area contributed by atoms with E-state index in [1.54, 1.807) is 13.8 Å². The van der Waals surface area contributed by atoms with Crippen LogP contribution >= 0.6 is 0 Å². The van der Waals surface area contributed by atoms with E-state index in [4.69, 9.17) is 9.47 Å². The van der Waals surface area contributed by atoms with Crippen LogP contribution in [-0.2, 0) is 19.5 Å². The highest BCUT2D eigenvalue weighted by Crippen LogP contribution is 2.23. The fourth-order valence-electron chi connectivity index (χ4n) is 2.24. The summed E-state index contributed by atoms with van der Waals surface area (Å²) < 4.78 is 63.8. The van der Waals surface area contributed by atoms with E-state index >= 15 is 0 Å². The molecule has 0 radical (unpaired) electrons. The summed E-state index contributed by atoms with van der Waals surface area (Å²) in [4.78, 5) is 23.1. The number of carbonyl (C=O) groups is 2. The van der Waals surface area contributed by atoms with Gasteiger partial charge in [-0.3, -0.25) is 4.72 Å². The second kappa shape index (κ2) is 8.79. The number of anilines is 1.